The third-order valence-electron chi connectivity index (χ3n) is 6.62. The van der Waals surface area contributed by atoms with Crippen LogP contribution in [0.1, 0.15) is 58.9 Å². The van der Waals surface area contributed by atoms with Gasteiger partial charge in [0.1, 0.15) is 5.82 Å². The molecule has 2 saturated heterocycles. The van der Waals surface area contributed by atoms with Gasteiger partial charge in [-0.25, -0.2) is 13.8 Å². The third kappa shape index (κ3) is 4.72. The highest BCUT2D eigenvalue weighted by atomic mass is 19.2. The Morgan fingerprint density at radius 1 is 1.18 bits per heavy atom. The van der Waals surface area contributed by atoms with Gasteiger partial charge in [0.15, 0.2) is 11.6 Å². The molecule has 1 aromatic carbocycles. The number of aromatic nitrogens is 3. The minimum absolute atomic E-state index is 0.00846. The van der Waals surface area contributed by atoms with Crippen LogP contribution in [0.5, 0.6) is 0 Å². The normalized spacial score (nSPS) is 20.1. The Kier molecular flexibility index (Phi) is 7.06. The van der Waals surface area contributed by atoms with E-state index in [1.165, 1.54) is 13.0 Å². The number of aryl methyl sites for hydroxylation is 1. The topological polar surface area (TPSA) is 88.9 Å². The van der Waals surface area contributed by atoms with Crippen LogP contribution < -0.4 is 4.90 Å². The second-order valence-electron chi connectivity index (χ2n) is 8.88. The van der Waals surface area contributed by atoms with E-state index in [9.17, 15) is 18.8 Å². The van der Waals surface area contributed by atoms with Gasteiger partial charge in [0.05, 0.1) is 29.9 Å². The van der Waals surface area contributed by atoms with Crippen LogP contribution in [0.15, 0.2) is 30.6 Å². The second-order valence-corrected chi connectivity index (χ2v) is 8.88. The number of rotatable bonds is 3. The summed E-state index contributed by atoms with van der Waals surface area (Å²) < 4.78 is 27.7. The molecule has 178 valence electrons. The lowest BCUT2D eigenvalue weighted by Crippen LogP contribution is -2.39. The fourth-order valence-electron chi connectivity index (χ4n) is 4.70. The summed E-state index contributed by atoms with van der Waals surface area (Å²) in [4.78, 5) is 21.8. The number of halogens is 2. The van der Waals surface area contributed by atoms with Crippen LogP contribution in [0.3, 0.4) is 0 Å². The van der Waals surface area contributed by atoms with Gasteiger partial charge in [-0.3, -0.25) is 9.89 Å². The van der Waals surface area contributed by atoms with Crippen molar-refractivity contribution in [1.29, 1.82) is 5.26 Å². The van der Waals surface area contributed by atoms with Crippen molar-refractivity contribution in [3.8, 4) is 6.07 Å². The number of piperidine rings is 1. The average Bonchev–Trinajstić information content (AvgIpc) is 3.34. The summed E-state index contributed by atoms with van der Waals surface area (Å²) in [6.07, 6.45) is 6.66. The predicted octanol–water partition coefficient (Wildman–Crippen LogP) is 4.54. The SMILES string of the molecule is Cc1cn[nH]c([C@@H]2CCCCN2C(=O)c2ccc(F)c(F)c2C)ccnc1N1CCC(C#N)C1. The summed E-state index contributed by atoms with van der Waals surface area (Å²) in [7, 11) is 0. The first-order chi connectivity index (χ1) is 16.4. The number of H-pyrrole nitrogens is 1. The first-order valence-electron chi connectivity index (χ1n) is 11.5. The molecule has 0 spiro atoms. The smallest absolute Gasteiger partial charge is 0.254 e. The number of amides is 1. The molecule has 34 heavy (non-hydrogen) atoms. The largest absolute Gasteiger partial charge is 0.355 e. The molecule has 4 rings (SSSR count). The molecule has 1 amide bonds. The van der Waals surface area contributed by atoms with Gasteiger partial charge < -0.3 is 9.80 Å². The average molecular weight is 467 g/mol. The van der Waals surface area contributed by atoms with E-state index in [2.05, 4.69) is 26.2 Å². The molecule has 0 saturated carbocycles. The number of nitrogens with zero attached hydrogens (tertiary/aromatic N) is 5. The van der Waals surface area contributed by atoms with Crippen LogP contribution in [0.25, 0.3) is 0 Å². The molecular weight excluding hydrogens is 438 g/mol. The van der Waals surface area contributed by atoms with Crippen molar-refractivity contribution in [2.45, 2.75) is 45.6 Å². The van der Waals surface area contributed by atoms with E-state index < -0.39 is 11.6 Å². The summed E-state index contributed by atoms with van der Waals surface area (Å²) in [6.45, 7) is 5.25. The third-order valence-corrected chi connectivity index (χ3v) is 6.62. The van der Waals surface area contributed by atoms with E-state index in [-0.39, 0.29) is 29.0 Å². The number of anilines is 1. The molecule has 7 nitrogen and oxygen atoms in total. The number of likely N-dealkylation sites (tertiary alicyclic amines) is 1. The number of benzene rings is 1. The van der Waals surface area contributed by atoms with Crippen LogP contribution >= 0.6 is 0 Å². The second kappa shape index (κ2) is 10.2. The van der Waals surface area contributed by atoms with Crippen LogP contribution in [0.4, 0.5) is 14.6 Å². The Hall–Kier alpha value is -3.54. The molecule has 9 heteroatoms. The molecular formula is C25H28F2N6O. The first kappa shape index (κ1) is 23.6. The summed E-state index contributed by atoms with van der Waals surface area (Å²) in [5.74, 6) is -1.53. The van der Waals surface area contributed by atoms with Crippen molar-refractivity contribution in [2.75, 3.05) is 24.5 Å². The maximum Gasteiger partial charge on any atom is 0.254 e. The highest BCUT2D eigenvalue weighted by Gasteiger charge is 2.31. The Bertz CT molecular complexity index is 1170. The molecule has 1 unspecified atom stereocenters. The highest BCUT2D eigenvalue weighted by Crippen LogP contribution is 2.32. The van der Waals surface area contributed by atoms with Gasteiger partial charge in [0, 0.05) is 42.5 Å². The number of nitriles is 1. The number of aromatic amines is 1. The number of nitrogens with one attached hydrogen (secondary N) is 1. The quantitative estimate of drug-likeness (QED) is 0.717. The maximum atomic E-state index is 14.1. The number of carbonyl (C=O) groups is 1. The summed E-state index contributed by atoms with van der Waals surface area (Å²) in [5, 5.41) is 16.7. The number of hydrogen-bond donors (Lipinski definition) is 1. The Morgan fingerprint density at radius 2 is 2.00 bits per heavy atom. The Morgan fingerprint density at radius 3 is 2.76 bits per heavy atom. The van der Waals surface area contributed by atoms with E-state index in [1.54, 1.807) is 17.3 Å². The van der Waals surface area contributed by atoms with Gasteiger partial charge in [-0.1, -0.05) is 0 Å². The van der Waals surface area contributed by atoms with E-state index in [0.717, 1.165) is 43.3 Å². The van der Waals surface area contributed by atoms with Gasteiger partial charge in [0.2, 0.25) is 0 Å². The monoisotopic (exact) mass is 466 g/mol. The number of hydrogen-bond acceptors (Lipinski definition) is 5. The van der Waals surface area contributed by atoms with E-state index in [0.29, 0.717) is 25.2 Å². The Labute approximate surface area is 197 Å². The molecule has 3 heterocycles. The van der Waals surface area contributed by atoms with E-state index >= 15 is 0 Å². The van der Waals surface area contributed by atoms with E-state index in [1.807, 2.05) is 13.0 Å². The molecule has 2 atom stereocenters. The van der Waals surface area contributed by atoms with Crippen LogP contribution in [-0.2, 0) is 0 Å². The predicted molar refractivity (Wildman–Crippen MR) is 123 cm³/mol. The van der Waals surface area contributed by atoms with Gasteiger partial charge in [-0.15, -0.1) is 0 Å². The zero-order valence-corrected chi connectivity index (χ0v) is 19.4. The zero-order chi connectivity index (χ0) is 24.2. The maximum absolute atomic E-state index is 14.1. The Balaban J connectivity index is 1.66. The molecule has 0 bridgehead atoms. The highest BCUT2D eigenvalue weighted by molar-refractivity contribution is 5.96. The summed E-state index contributed by atoms with van der Waals surface area (Å²) in [5.41, 5.74) is 1.74. The minimum atomic E-state index is -0.995. The summed E-state index contributed by atoms with van der Waals surface area (Å²) in [6, 6.07) is 6.17. The fraction of sp³-hybridized carbons (Fsp3) is 0.440. The molecule has 2 aromatic rings. The lowest BCUT2D eigenvalue weighted by atomic mass is 9.97. The van der Waals surface area contributed by atoms with Crippen molar-refractivity contribution < 1.29 is 13.6 Å². The molecule has 0 aliphatic carbocycles. The van der Waals surface area contributed by atoms with Crippen LogP contribution in [0, 0.1) is 42.7 Å². The fourth-order valence-corrected chi connectivity index (χ4v) is 4.70. The van der Waals surface area contributed by atoms with Gasteiger partial charge in [-0.2, -0.15) is 10.4 Å². The van der Waals surface area contributed by atoms with Gasteiger partial charge in [-0.05, 0) is 57.7 Å². The van der Waals surface area contributed by atoms with E-state index in [4.69, 9.17) is 0 Å². The van der Waals surface area contributed by atoms with Crippen molar-refractivity contribution in [3.05, 3.63) is 64.6 Å². The van der Waals surface area contributed by atoms with Gasteiger partial charge in [0.25, 0.3) is 5.91 Å². The first-order valence-corrected chi connectivity index (χ1v) is 11.5. The van der Waals surface area contributed by atoms with Crippen LogP contribution in [-0.4, -0.2) is 45.6 Å². The molecule has 2 fully saturated rings. The minimum Gasteiger partial charge on any atom is -0.355 e. The molecule has 2 aliphatic heterocycles. The summed E-state index contributed by atoms with van der Waals surface area (Å²) >= 11 is 0. The lowest BCUT2D eigenvalue weighted by molar-refractivity contribution is 0.0603. The molecule has 0 radical (unpaired) electrons. The van der Waals surface area contributed by atoms with Crippen molar-refractivity contribution in [1.82, 2.24) is 20.1 Å². The lowest BCUT2D eigenvalue weighted by Gasteiger charge is -2.35. The van der Waals surface area contributed by atoms with Crippen molar-refractivity contribution >= 4 is 11.7 Å². The van der Waals surface area contributed by atoms with Gasteiger partial charge >= 0.3 is 0 Å². The van der Waals surface area contributed by atoms with Crippen LogP contribution in [0.2, 0.25) is 0 Å². The number of carbonyl (C=O) groups excluding carboxylic acids is 1. The molecule has 2 aliphatic rings. The standard InChI is InChI=1S/C25H28F2N6O/c1-16-14-30-31-21(8-10-29-24(16)32-12-9-18(13-28)15-32)22-5-3-4-11-33(22)25(34)19-6-7-20(26)23(27)17(19)2/h6-8,10,14,18,22,31H,3-5,9,11-12,15H2,1-2H3/t18?,22-/m0/s1. The molecule has 1 aromatic heterocycles. The van der Waals surface area contributed by atoms with Crippen molar-refractivity contribution in [3.63, 3.8) is 0 Å². The van der Waals surface area contributed by atoms with Crippen molar-refractivity contribution in [2.24, 2.45) is 5.92 Å². The zero-order valence-electron chi connectivity index (χ0n) is 19.4. The molecule has 1 N–H and O–H groups in total.